The van der Waals surface area contributed by atoms with E-state index in [1.807, 2.05) is 30.5 Å². The van der Waals surface area contributed by atoms with Gasteiger partial charge in [0, 0.05) is 42.7 Å². The van der Waals surface area contributed by atoms with Crippen molar-refractivity contribution in [2.45, 2.75) is 32.7 Å². The van der Waals surface area contributed by atoms with Crippen molar-refractivity contribution in [1.29, 1.82) is 0 Å². The van der Waals surface area contributed by atoms with Crippen LogP contribution in [0.3, 0.4) is 0 Å². The first-order valence-corrected chi connectivity index (χ1v) is 9.26. The second-order valence-electron chi connectivity index (χ2n) is 7.14. The van der Waals surface area contributed by atoms with Gasteiger partial charge in [-0.1, -0.05) is 29.8 Å². The molecule has 3 aromatic rings. The van der Waals surface area contributed by atoms with Crippen molar-refractivity contribution in [3.8, 4) is 0 Å². The first-order valence-electron chi connectivity index (χ1n) is 9.26. The average Bonchev–Trinajstić information content (AvgIpc) is 3.23. The van der Waals surface area contributed by atoms with Gasteiger partial charge in [-0.3, -0.25) is 14.5 Å². The third kappa shape index (κ3) is 3.21. The largest absolute Gasteiger partial charge is 0.361 e. The molecule has 2 heterocycles. The average molecular weight is 361 g/mol. The van der Waals surface area contributed by atoms with Crippen LogP contribution in [0.25, 0.3) is 10.9 Å². The zero-order chi connectivity index (χ0) is 19.0. The minimum atomic E-state index is -0.467. The Bertz CT molecular complexity index is 1020. The van der Waals surface area contributed by atoms with Gasteiger partial charge in [-0.05, 0) is 42.7 Å². The van der Waals surface area contributed by atoms with Crippen molar-refractivity contribution in [2.24, 2.45) is 0 Å². The first-order chi connectivity index (χ1) is 13.0. The molecule has 2 aromatic carbocycles. The fourth-order valence-electron chi connectivity index (χ4n) is 3.92. The van der Waals surface area contributed by atoms with Crippen molar-refractivity contribution >= 4 is 28.4 Å². The molecule has 1 atom stereocenters. The number of fused-ring (bicyclic) bond motifs is 2. The summed E-state index contributed by atoms with van der Waals surface area (Å²) in [6.07, 6.45) is 3.31. The van der Waals surface area contributed by atoms with Gasteiger partial charge in [0.15, 0.2) is 0 Å². The van der Waals surface area contributed by atoms with Gasteiger partial charge >= 0.3 is 0 Å². The molecular formula is C22H23N3O2. The number of nitrogens with zero attached hydrogens (tertiary/aromatic N) is 1. The number of amides is 2. The summed E-state index contributed by atoms with van der Waals surface area (Å²) in [6, 6.07) is 13.6. The van der Waals surface area contributed by atoms with Crippen LogP contribution in [0.15, 0.2) is 48.7 Å². The van der Waals surface area contributed by atoms with Gasteiger partial charge in [-0.2, -0.15) is 0 Å². The Hall–Kier alpha value is -3.08. The van der Waals surface area contributed by atoms with E-state index in [1.54, 1.807) is 4.90 Å². The monoisotopic (exact) mass is 361 g/mol. The fraction of sp³-hybridized carbons (Fsp3) is 0.273. The Balaban J connectivity index is 1.43. The number of carbonyl (C=O) groups is 2. The number of benzene rings is 2. The van der Waals surface area contributed by atoms with E-state index in [9.17, 15) is 9.59 Å². The summed E-state index contributed by atoms with van der Waals surface area (Å²) >= 11 is 0. The van der Waals surface area contributed by atoms with Crippen molar-refractivity contribution in [3.05, 3.63) is 65.4 Å². The summed E-state index contributed by atoms with van der Waals surface area (Å²) in [5.74, 6) is -0.204. The Morgan fingerprint density at radius 2 is 2.04 bits per heavy atom. The van der Waals surface area contributed by atoms with E-state index >= 15 is 0 Å². The highest BCUT2D eigenvalue weighted by atomic mass is 16.2. The molecule has 0 bridgehead atoms. The molecule has 0 spiro atoms. The maximum atomic E-state index is 12.8. The second kappa shape index (κ2) is 6.91. The molecule has 0 saturated heterocycles. The molecule has 0 unspecified atom stereocenters. The maximum Gasteiger partial charge on any atom is 0.243 e. The SMILES string of the molecule is CC(=O)N1c2ccccc2C[C@@H]1C(=O)NCCc1c[nH]c2ccc(C)cc12. The third-order valence-electron chi connectivity index (χ3n) is 5.23. The number of hydrogen-bond donors (Lipinski definition) is 2. The Labute approximate surface area is 158 Å². The third-order valence-corrected chi connectivity index (χ3v) is 5.23. The van der Waals surface area contributed by atoms with Gasteiger partial charge in [0.05, 0.1) is 0 Å². The number of carbonyl (C=O) groups excluding carboxylic acids is 2. The minimum absolute atomic E-state index is 0.0996. The zero-order valence-electron chi connectivity index (χ0n) is 15.6. The number of rotatable bonds is 4. The van der Waals surface area contributed by atoms with Gasteiger partial charge in [0.2, 0.25) is 11.8 Å². The van der Waals surface area contributed by atoms with E-state index in [2.05, 4.69) is 35.4 Å². The van der Waals surface area contributed by atoms with E-state index in [0.717, 1.165) is 23.2 Å². The number of nitrogens with one attached hydrogen (secondary N) is 2. The molecule has 0 fully saturated rings. The normalized spacial score (nSPS) is 15.8. The molecule has 0 aliphatic carbocycles. The van der Waals surface area contributed by atoms with Crippen LogP contribution in [0.4, 0.5) is 5.69 Å². The Kier molecular flexibility index (Phi) is 4.44. The maximum absolute atomic E-state index is 12.8. The number of aromatic nitrogens is 1. The summed E-state index contributed by atoms with van der Waals surface area (Å²) in [6.45, 7) is 4.13. The second-order valence-corrected chi connectivity index (χ2v) is 7.14. The predicted molar refractivity (Wildman–Crippen MR) is 107 cm³/mol. The van der Waals surface area contributed by atoms with E-state index in [4.69, 9.17) is 0 Å². The smallest absolute Gasteiger partial charge is 0.243 e. The number of aromatic amines is 1. The molecule has 1 aliphatic heterocycles. The first kappa shape index (κ1) is 17.3. The molecule has 138 valence electrons. The Morgan fingerprint density at radius 3 is 2.85 bits per heavy atom. The van der Waals surface area contributed by atoms with Crippen LogP contribution in [0, 0.1) is 6.92 Å². The fourth-order valence-corrected chi connectivity index (χ4v) is 3.92. The van der Waals surface area contributed by atoms with Crippen molar-refractivity contribution in [3.63, 3.8) is 0 Å². The van der Waals surface area contributed by atoms with Crippen LogP contribution in [-0.4, -0.2) is 29.4 Å². The minimum Gasteiger partial charge on any atom is -0.361 e. The Morgan fingerprint density at radius 1 is 1.22 bits per heavy atom. The molecule has 5 nitrogen and oxygen atoms in total. The summed E-state index contributed by atoms with van der Waals surface area (Å²) in [4.78, 5) is 29.8. The van der Waals surface area contributed by atoms with E-state index in [-0.39, 0.29) is 11.8 Å². The summed E-state index contributed by atoms with van der Waals surface area (Å²) in [7, 11) is 0. The zero-order valence-corrected chi connectivity index (χ0v) is 15.6. The lowest BCUT2D eigenvalue weighted by molar-refractivity contribution is -0.125. The lowest BCUT2D eigenvalue weighted by atomic mass is 10.1. The lowest BCUT2D eigenvalue weighted by Gasteiger charge is -2.23. The highest BCUT2D eigenvalue weighted by Crippen LogP contribution is 2.32. The molecule has 0 radical (unpaired) electrons. The van der Waals surface area contributed by atoms with Crippen LogP contribution < -0.4 is 10.2 Å². The van der Waals surface area contributed by atoms with Gasteiger partial charge < -0.3 is 10.3 Å². The van der Waals surface area contributed by atoms with Crippen molar-refractivity contribution in [1.82, 2.24) is 10.3 Å². The van der Waals surface area contributed by atoms with Crippen molar-refractivity contribution < 1.29 is 9.59 Å². The van der Waals surface area contributed by atoms with Crippen LogP contribution in [-0.2, 0) is 22.4 Å². The van der Waals surface area contributed by atoms with Crippen LogP contribution in [0.5, 0.6) is 0 Å². The van der Waals surface area contributed by atoms with Gasteiger partial charge in [0.1, 0.15) is 6.04 Å². The topological polar surface area (TPSA) is 65.2 Å². The standard InChI is InChI=1S/C22H23N3O2/c1-14-7-8-19-18(11-14)17(13-24-19)9-10-23-22(27)21-12-16-5-3-4-6-20(16)25(21)15(2)26/h3-8,11,13,21,24H,9-10,12H2,1-2H3,(H,23,27)/t21-/m1/s1. The summed E-state index contributed by atoms with van der Waals surface area (Å²) in [5.41, 5.74) is 5.40. The van der Waals surface area contributed by atoms with Gasteiger partial charge in [-0.25, -0.2) is 0 Å². The van der Waals surface area contributed by atoms with Gasteiger partial charge in [-0.15, -0.1) is 0 Å². The van der Waals surface area contributed by atoms with Gasteiger partial charge in [0.25, 0.3) is 0 Å². The van der Waals surface area contributed by atoms with E-state index in [1.165, 1.54) is 23.4 Å². The lowest BCUT2D eigenvalue weighted by Crippen LogP contribution is -2.47. The molecule has 1 aromatic heterocycles. The molecule has 2 N–H and O–H groups in total. The quantitative estimate of drug-likeness (QED) is 0.750. The highest BCUT2D eigenvalue weighted by molar-refractivity contribution is 6.02. The molecule has 27 heavy (non-hydrogen) atoms. The number of para-hydroxylation sites is 1. The number of hydrogen-bond acceptors (Lipinski definition) is 2. The molecule has 4 rings (SSSR count). The number of aryl methyl sites for hydroxylation is 1. The molecule has 1 aliphatic rings. The number of H-pyrrole nitrogens is 1. The van der Waals surface area contributed by atoms with Crippen LogP contribution in [0.1, 0.15) is 23.6 Å². The molecular weight excluding hydrogens is 338 g/mol. The van der Waals surface area contributed by atoms with Crippen LogP contribution in [0.2, 0.25) is 0 Å². The molecule has 5 heteroatoms. The number of anilines is 1. The molecule has 0 saturated carbocycles. The summed E-state index contributed by atoms with van der Waals surface area (Å²) in [5, 5.41) is 4.21. The summed E-state index contributed by atoms with van der Waals surface area (Å²) < 4.78 is 0. The predicted octanol–water partition coefficient (Wildman–Crippen LogP) is 3.11. The van der Waals surface area contributed by atoms with E-state index in [0.29, 0.717) is 13.0 Å². The highest BCUT2D eigenvalue weighted by Gasteiger charge is 2.36. The van der Waals surface area contributed by atoms with E-state index < -0.39 is 6.04 Å². The molecule has 2 amide bonds. The van der Waals surface area contributed by atoms with Crippen LogP contribution >= 0.6 is 0 Å². The van der Waals surface area contributed by atoms with Crippen molar-refractivity contribution in [2.75, 3.05) is 11.4 Å².